The summed E-state index contributed by atoms with van der Waals surface area (Å²) < 4.78 is 0. The molecular formula is C32H38ClN3O2S. The van der Waals surface area contributed by atoms with Crippen molar-refractivity contribution in [3.8, 4) is 0 Å². The number of hydrogen-bond acceptors (Lipinski definition) is 4. The zero-order valence-electron chi connectivity index (χ0n) is 23.2. The average molecular weight is 564 g/mol. The summed E-state index contributed by atoms with van der Waals surface area (Å²) in [6.07, 6.45) is 0.891. The fourth-order valence-electron chi connectivity index (χ4n) is 4.89. The summed E-state index contributed by atoms with van der Waals surface area (Å²) in [4.78, 5) is 33.0. The number of halogens is 1. The number of amides is 2. The van der Waals surface area contributed by atoms with Gasteiger partial charge in [0.05, 0.1) is 17.8 Å². The molecule has 39 heavy (non-hydrogen) atoms. The van der Waals surface area contributed by atoms with E-state index in [0.717, 1.165) is 47.1 Å². The highest BCUT2D eigenvalue weighted by Gasteiger charge is 2.28. The van der Waals surface area contributed by atoms with Crippen LogP contribution in [-0.2, 0) is 6.54 Å². The predicted octanol–water partition coefficient (Wildman–Crippen LogP) is 7.39. The lowest BCUT2D eigenvalue weighted by atomic mass is 10.1. The predicted molar refractivity (Wildman–Crippen MR) is 162 cm³/mol. The Morgan fingerprint density at radius 2 is 1.64 bits per heavy atom. The van der Waals surface area contributed by atoms with E-state index in [1.165, 1.54) is 0 Å². The fourth-order valence-corrected chi connectivity index (χ4v) is 6.07. The molecule has 5 nitrogen and oxygen atoms in total. The number of rotatable bonds is 11. The molecule has 3 aromatic carbocycles. The minimum Gasteiger partial charge on any atom is -0.352 e. The first-order valence-corrected chi connectivity index (χ1v) is 14.9. The Balaban J connectivity index is 1.51. The maximum absolute atomic E-state index is 13.8. The number of nitrogens with zero attached hydrogens (tertiary/aromatic N) is 2. The van der Waals surface area contributed by atoms with E-state index in [9.17, 15) is 9.59 Å². The molecule has 3 aromatic rings. The molecule has 0 atom stereocenters. The molecule has 0 unspecified atom stereocenters. The zero-order chi connectivity index (χ0) is 27.9. The van der Waals surface area contributed by atoms with Gasteiger partial charge in [-0.3, -0.25) is 9.59 Å². The molecule has 0 saturated heterocycles. The Morgan fingerprint density at radius 1 is 0.949 bits per heavy atom. The van der Waals surface area contributed by atoms with Gasteiger partial charge in [0.2, 0.25) is 0 Å². The van der Waals surface area contributed by atoms with Gasteiger partial charge in [0, 0.05) is 40.0 Å². The van der Waals surface area contributed by atoms with Crippen molar-refractivity contribution < 1.29 is 9.59 Å². The lowest BCUT2D eigenvalue weighted by Crippen LogP contribution is -2.34. The second-order valence-electron chi connectivity index (χ2n) is 11.0. The van der Waals surface area contributed by atoms with E-state index in [1.807, 2.05) is 66.7 Å². The van der Waals surface area contributed by atoms with Crippen molar-refractivity contribution in [2.75, 3.05) is 31.1 Å². The summed E-state index contributed by atoms with van der Waals surface area (Å²) in [5.41, 5.74) is 2.91. The van der Waals surface area contributed by atoms with E-state index < -0.39 is 0 Å². The van der Waals surface area contributed by atoms with Crippen molar-refractivity contribution in [1.29, 1.82) is 0 Å². The summed E-state index contributed by atoms with van der Waals surface area (Å²) in [5, 5.41) is 3.74. The smallest absolute Gasteiger partial charge is 0.259 e. The summed E-state index contributed by atoms with van der Waals surface area (Å²) in [6.45, 7) is 13.0. The van der Waals surface area contributed by atoms with Gasteiger partial charge in [0.25, 0.3) is 11.8 Å². The van der Waals surface area contributed by atoms with Crippen LogP contribution in [0.4, 0.5) is 5.69 Å². The highest BCUT2D eigenvalue weighted by atomic mass is 35.5. The summed E-state index contributed by atoms with van der Waals surface area (Å²) in [6, 6.07) is 20.8. The molecule has 1 N–H and O–H groups in total. The maximum Gasteiger partial charge on any atom is 0.259 e. The molecule has 0 bridgehead atoms. The number of carbonyl (C=O) groups is 2. The summed E-state index contributed by atoms with van der Waals surface area (Å²) >= 11 is 7.65. The van der Waals surface area contributed by atoms with Crippen LogP contribution in [0.15, 0.2) is 76.5 Å². The second-order valence-corrected chi connectivity index (χ2v) is 12.5. The van der Waals surface area contributed by atoms with Gasteiger partial charge in [-0.2, -0.15) is 0 Å². The van der Waals surface area contributed by atoms with Crippen molar-refractivity contribution in [3.63, 3.8) is 0 Å². The molecule has 0 radical (unpaired) electrons. The standard InChI is InChI=1S/C32H38ClN3O2S/c1-22(2)19-35(20-23(3)4)17-7-16-34-31(37)25-12-15-30-28(18-25)36(21-24-10-13-26(33)14-11-24)32(38)27-8-5-6-9-29(27)39-30/h5-6,8-15,18,22-23H,7,16-17,19-21H2,1-4H3,(H,34,37). The Hall–Kier alpha value is -2.80. The van der Waals surface area contributed by atoms with Crippen LogP contribution in [0.2, 0.25) is 5.02 Å². The zero-order valence-corrected chi connectivity index (χ0v) is 24.8. The molecule has 0 spiro atoms. The highest BCUT2D eigenvalue weighted by Crippen LogP contribution is 2.42. The summed E-state index contributed by atoms with van der Waals surface area (Å²) in [5.74, 6) is 1.02. The molecule has 2 amide bonds. The number of benzene rings is 3. The van der Waals surface area contributed by atoms with Gasteiger partial charge in [0.15, 0.2) is 0 Å². The van der Waals surface area contributed by atoms with Crippen molar-refractivity contribution in [3.05, 3.63) is 88.4 Å². The maximum atomic E-state index is 13.8. The average Bonchev–Trinajstić information content (AvgIpc) is 3.01. The molecule has 1 aliphatic rings. The van der Waals surface area contributed by atoms with E-state index in [4.69, 9.17) is 11.6 Å². The van der Waals surface area contributed by atoms with E-state index in [2.05, 4.69) is 37.9 Å². The van der Waals surface area contributed by atoms with Crippen LogP contribution in [0, 0.1) is 11.8 Å². The molecule has 1 heterocycles. The van der Waals surface area contributed by atoms with E-state index in [1.54, 1.807) is 16.7 Å². The third-order valence-electron chi connectivity index (χ3n) is 6.53. The molecule has 0 fully saturated rings. The van der Waals surface area contributed by atoms with Gasteiger partial charge < -0.3 is 15.1 Å². The van der Waals surface area contributed by atoms with Crippen molar-refractivity contribution in [2.24, 2.45) is 11.8 Å². The summed E-state index contributed by atoms with van der Waals surface area (Å²) in [7, 11) is 0. The first kappa shape index (κ1) is 29.2. The molecule has 0 aliphatic carbocycles. The van der Waals surface area contributed by atoms with Crippen LogP contribution in [0.5, 0.6) is 0 Å². The molecule has 4 rings (SSSR count). The lowest BCUT2D eigenvalue weighted by molar-refractivity contribution is 0.0947. The van der Waals surface area contributed by atoms with Crippen LogP contribution in [0.25, 0.3) is 0 Å². The SMILES string of the molecule is CC(C)CN(CCCNC(=O)c1ccc2c(c1)N(Cc1ccc(Cl)cc1)C(=O)c1ccccc1S2)CC(C)C. The monoisotopic (exact) mass is 563 g/mol. The minimum atomic E-state index is -0.122. The fraction of sp³-hybridized carbons (Fsp3) is 0.375. The van der Waals surface area contributed by atoms with E-state index >= 15 is 0 Å². The quantitative estimate of drug-likeness (QED) is 0.247. The number of carbonyl (C=O) groups excluding carboxylic acids is 2. The Labute approximate surface area is 241 Å². The van der Waals surface area contributed by atoms with Crippen molar-refractivity contribution in [1.82, 2.24) is 10.2 Å². The molecule has 0 aromatic heterocycles. The van der Waals surface area contributed by atoms with Crippen LogP contribution in [0.1, 0.15) is 60.4 Å². The van der Waals surface area contributed by atoms with Crippen LogP contribution in [-0.4, -0.2) is 42.9 Å². The third-order valence-corrected chi connectivity index (χ3v) is 7.92. The molecular weight excluding hydrogens is 526 g/mol. The van der Waals surface area contributed by atoms with E-state index in [-0.39, 0.29) is 11.8 Å². The second kappa shape index (κ2) is 13.5. The van der Waals surface area contributed by atoms with Gasteiger partial charge in [0.1, 0.15) is 0 Å². The largest absolute Gasteiger partial charge is 0.352 e. The highest BCUT2D eigenvalue weighted by molar-refractivity contribution is 7.99. The van der Waals surface area contributed by atoms with Crippen LogP contribution < -0.4 is 10.2 Å². The van der Waals surface area contributed by atoms with Gasteiger partial charge in [-0.25, -0.2) is 0 Å². The van der Waals surface area contributed by atoms with Crippen LogP contribution in [0.3, 0.4) is 0 Å². The van der Waals surface area contributed by atoms with Crippen molar-refractivity contribution >= 4 is 40.9 Å². The Bertz CT molecular complexity index is 1280. The minimum absolute atomic E-state index is 0.0836. The lowest BCUT2D eigenvalue weighted by Gasteiger charge is -2.26. The first-order valence-electron chi connectivity index (χ1n) is 13.7. The number of hydrogen-bond donors (Lipinski definition) is 1. The topological polar surface area (TPSA) is 52.7 Å². The molecule has 0 saturated carbocycles. The van der Waals surface area contributed by atoms with Crippen LogP contribution >= 0.6 is 23.4 Å². The van der Waals surface area contributed by atoms with E-state index in [0.29, 0.717) is 41.1 Å². The molecule has 1 aliphatic heterocycles. The molecule has 206 valence electrons. The normalized spacial score (nSPS) is 13.0. The Morgan fingerprint density at radius 3 is 2.33 bits per heavy atom. The number of nitrogens with one attached hydrogen (secondary N) is 1. The van der Waals surface area contributed by atoms with Gasteiger partial charge in [-0.1, -0.05) is 75.3 Å². The van der Waals surface area contributed by atoms with Gasteiger partial charge >= 0.3 is 0 Å². The third kappa shape index (κ3) is 7.87. The Kier molecular flexibility index (Phi) is 10.1. The van der Waals surface area contributed by atoms with Gasteiger partial charge in [-0.15, -0.1) is 0 Å². The first-order chi connectivity index (χ1) is 18.7. The number of fused-ring (bicyclic) bond motifs is 2. The molecule has 7 heteroatoms. The van der Waals surface area contributed by atoms with Crippen molar-refractivity contribution in [2.45, 2.75) is 50.5 Å². The number of anilines is 1. The van der Waals surface area contributed by atoms with Gasteiger partial charge in [-0.05, 0) is 72.8 Å².